The second-order valence-corrected chi connectivity index (χ2v) is 8.79. The van der Waals surface area contributed by atoms with Crippen molar-refractivity contribution < 1.29 is 13.2 Å². The molecular weight excluding hydrogens is 425 g/mol. The van der Waals surface area contributed by atoms with Gasteiger partial charge >= 0.3 is 0 Å². The molecule has 0 spiro atoms. The van der Waals surface area contributed by atoms with Crippen molar-refractivity contribution >= 4 is 53.7 Å². The lowest BCUT2D eigenvalue weighted by atomic mass is 10.3. The summed E-state index contributed by atoms with van der Waals surface area (Å²) in [6.45, 7) is 0.651. The van der Waals surface area contributed by atoms with Crippen molar-refractivity contribution in [1.82, 2.24) is 14.8 Å². The molecule has 0 atom stereocenters. The average molecular weight is 434 g/mol. The van der Waals surface area contributed by atoms with Gasteiger partial charge in [-0.25, -0.2) is 8.42 Å². The topological polar surface area (TPSA) is 74.1 Å². The fourth-order valence-corrected chi connectivity index (χ4v) is 3.74. The first kappa shape index (κ1) is 15.2. The minimum absolute atomic E-state index is 0.262. The molecule has 2 aromatic heterocycles. The van der Waals surface area contributed by atoms with Gasteiger partial charge in [-0.2, -0.15) is 0 Å². The molecule has 0 radical (unpaired) electrons. The van der Waals surface area contributed by atoms with Crippen LogP contribution in [0.3, 0.4) is 0 Å². The van der Waals surface area contributed by atoms with Crippen molar-refractivity contribution in [3.63, 3.8) is 0 Å². The van der Waals surface area contributed by atoms with Gasteiger partial charge in [-0.1, -0.05) is 0 Å². The minimum Gasteiger partial charge on any atom is -0.383 e. The SMILES string of the molecule is COCCn1c(-c2csc(I)c2)nnc1S(=O)(=O)Cl. The minimum atomic E-state index is -3.94. The lowest BCUT2D eigenvalue weighted by Crippen LogP contribution is -2.11. The van der Waals surface area contributed by atoms with Gasteiger partial charge in [0.25, 0.3) is 14.2 Å². The Hall–Kier alpha value is -0.230. The van der Waals surface area contributed by atoms with Crippen molar-refractivity contribution in [2.45, 2.75) is 11.7 Å². The molecule has 0 bridgehead atoms. The Balaban J connectivity index is 2.52. The molecule has 0 N–H and O–H groups in total. The second kappa shape index (κ2) is 6.04. The fourth-order valence-electron chi connectivity index (χ4n) is 1.49. The molecule has 0 fully saturated rings. The molecule has 2 aromatic rings. The van der Waals surface area contributed by atoms with Crippen LogP contribution < -0.4 is 0 Å². The second-order valence-electron chi connectivity index (χ2n) is 3.53. The van der Waals surface area contributed by atoms with Crippen LogP contribution in [0.15, 0.2) is 16.6 Å². The molecule has 0 aromatic carbocycles. The van der Waals surface area contributed by atoms with Gasteiger partial charge in [-0.05, 0) is 28.7 Å². The van der Waals surface area contributed by atoms with Crippen LogP contribution >= 0.6 is 44.6 Å². The molecule has 0 saturated carbocycles. The van der Waals surface area contributed by atoms with Gasteiger partial charge in [0, 0.05) is 28.7 Å². The van der Waals surface area contributed by atoms with Gasteiger partial charge in [0.15, 0.2) is 5.82 Å². The molecule has 104 valence electrons. The van der Waals surface area contributed by atoms with Crippen LogP contribution in [0.2, 0.25) is 0 Å². The van der Waals surface area contributed by atoms with Crippen LogP contribution in [0.25, 0.3) is 11.4 Å². The summed E-state index contributed by atoms with van der Waals surface area (Å²) in [5, 5.41) is 9.21. The number of nitrogens with zero attached hydrogens (tertiary/aromatic N) is 3. The normalized spacial score (nSPS) is 11.9. The zero-order valence-corrected chi connectivity index (χ0v) is 14.3. The fraction of sp³-hybridized carbons (Fsp3) is 0.333. The Kier molecular flexibility index (Phi) is 4.82. The zero-order chi connectivity index (χ0) is 14.0. The van der Waals surface area contributed by atoms with E-state index >= 15 is 0 Å². The zero-order valence-electron chi connectivity index (χ0n) is 9.71. The summed E-state index contributed by atoms with van der Waals surface area (Å²) in [5.41, 5.74) is 0.810. The predicted octanol–water partition coefficient (Wildman–Crippen LogP) is 2.19. The van der Waals surface area contributed by atoms with E-state index in [4.69, 9.17) is 15.4 Å². The van der Waals surface area contributed by atoms with E-state index in [0.717, 1.165) is 8.45 Å². The summed E-state index contributed by atoms with van der Waals surface area (Å²) in [6, 6.07) is 1.91. The summed E-state index contributed by atoms with van der Waals surface area (Å²) in [7, 11) is 2.96. The van der Waals surface area contributed by atoms with Crippen LogP contribution in [-0.2, 0) is 20.3 Å². The standard InChI is InChI=1S/C9H9ClIN3O3S2/c1-17-3-2-14-8(6-4-7(11)18-5-6)12-13-9(14)19(10,15)16/h4-5H,2-3H2,1H3. The highest BCUT2D eigenvalue weighted by Gasteiger charge is 2.23. The van der Waals surface area contributed by atoms with Crippen LogP contribution in [0.4, 0.5) is 0 Å². The molecule has 0 unspecified atom stereocenters. The third-order valence-corrected chi connectivity index (χ3v) is 5.22. The van der Waals surface area contributed by atoms with Gasteiger partial charge in [0.05, 0.1) is 16.0 Å². The monoisotopic (exact) mass is 433 g/mol. The maximum absolute atomic E-state index is 11.5. The number of hydrogen-bond donors (Lipinski definition) is 0. The highest BCUT2D eigenvalue weighted by molar-refractivity contribution is 14.1. The smallest absolute Gasteiger partial charge is 0.296 e. The Morgan fingerprint density at radius 3 is 2.79 bits per heavy atom. The largest absolute Gasteiger partial charge is 0.383 e. The van der Waals surface area contributed by atoms with E-state index in [1.807, 2.05) is 11.4 Å². The predicted molar refractivity (Wildman–Crippen MR) is 81.0 cm³/mol. The van der Waals surface area contributed by atoms with Gasteiger partial charge in [0.2, 0.25) is 0 Å². The lowest BCUT2D eigenvalue weighted by Gasteiger charge is -2.06. The van der Waals surface area contributed by atoms with Gasteiger partial charge in [-0.3, -0.25) is 4.57 Å². The van der Waals surface area contributed by atoms with E-state index < -0.39 is 9.05 Å². The first-order valence-corrected chi connectivity index (χ1v) is 9.31. The molecule has 0 amide bonds. The number of rotatable bonds is 5. The summed E-state index contributed by atoms with van der Waals surface area (Å²) in [5.74, 6) is 0.468. The highest BCUT2D eigenvalue weighted by atomic mass is 127. The maximum atomic E-state index is 11.5. The van der Waals surface area contributed by atoms with Crippen molar-refractivity contribution in [2.75, 3.05) is 13.7 Å². The van der Waals surface area contributed by atoms with E-state index in [2.05, 4.69) is 32.8 Å². The number of methoxy groups -OCH3 is 1. The average Bonchev–Trinajstić information content (AvgIpc) is 2.91. The van der Waals surface area contributed by atoms with Crippen molar-refractivity contribution in [3.8, 4) is 11.4 Å². The van der Waals surface area contributed by atoms with E-state index in [1.54, 1.807) is 11.3 Å². The Morgan fingerprint density at radius 2 is 2.26 bits per heavy atom. The third kappa shape index (κ3) is 3.45. The summed E-state index contributed by atoms with van der Waals surface area (Å²) >= 11 is 3.72. The first-order chi connectivity index (χ1) is 8.93. The molecule has 0 aliphatic carbocycles. The highest BCUT2D eigenvalue weighted by Crippen LogP contribution is 2.27. The van der Waals surface area contributed by atoms with Gasteiger partial charge in [0.1, 0.15) is 0 Å². The molecule has 2 heterocycles. The Labute approximate surface area is 132 Å². The summed E-state index contributed by atoms with van der Waals surface area (Å²) in [6.07, 6.45) is 0. The van der Waals surface area contributed by atoms with Crippen LogP contribution in [-0.4, -0.2) is 36.9 Å². The quantitative estimate of drug-likeness (QED) is 0.534. The number of hydrogen-bond acceptors (Lipinski definition) is 6. The number of ether oxygens (including phenoxy) is 1. The Bertz CT molecular complexity index is 683. The van der Waals surface area contributed by atoms with Crippen LogP contribution in [0.1, 0.15) is 0 Å². The summed E-state index contributed by atoms with van der Waals surface area (Å²) in [4.78, 5) is 0. The maximum Gasteiger partial charge on any atom is 0.296 e. The molecular formula is C9H9ClIN3O3S2. The van der Waals surface area contributed by atoms with E-state index in [-0.39, 0.29) is 5.16 Å². The summed E-state index contributed by atoms with van der Waals surface area (Å²) < 4.78 is 30.4. The third-order valence-electron chi connectivity index (χ3n) is 2.28. The number of aromatic nitrogens is 3. The van der Waals surface area contributed by atoms with Gasteiger partial charge < -0.3 is 4.74 Å². The number of thiophene rings is 1. The van der Waals surface area contributed by atoms with Crippen LogP contribution in [0.5, 0.6) is 0 Å². The molecule has 0 saturated heterocycles. The van der Waals surface area contributed by atoms with Crippen molar-refractivity contribution in [3.05, 3.63) is 14.3 Å². The van der Waals surface area contributed by atoms with Crippen molar-refractivity contribution in [1.29, 1.82) is 0 Å². The van der Waals surface area contributed by atoms with Crippen molar-refractivity contribution in [2.24, 2.45) is 0 Å². The number of halogens is 2. The molecule has 10 heteroatoms. The molecule has 19 heavy (non-hydrogen) atoms. The van der Waals surface area contributed by atoms with Gasteiger partial charge in [-0.15, -0.1) is 21.5 Å². The van der Waals surface area contributed by atoms with E-state index in [1.165, 1.54) is 11.7 Å². The lowest BCUT2D eigenvalue weighted by molar-refractivity contribution is 0.185. The molecule has 0 aliphatic heterocycles. The molecule has 0 aliphatic rings. The van der Waals surface area contributed by atoms with E-state index in [9.17, 15) is 8.42 Å². The van der Waals surface area contributed by atoms with E-state index in [0.29, 0.717) is 19.0 Å². The Morgan fingerprint density at radius 1 is 1.53 bits per heavy atom. The van der Waals surface area contributed by atoms with Crippen LogP contribution in [0, 0.1) is 2.88 Å². The molecule has 2 rings (SSSR count). The molecule has 6 nitrogen and oxygen atoms in total. The first-order valence-electron chi connectivity index (χ1n) is 5.04.